The maximum Gasteiger partial charge on any atom is 0.309 e. The Kier molecular flexibility index (Phi) is 10.4. The molecule has 200 valence electrons. The van der Waals surface area contributed by atoms with E-state index in [-0.39, 0.29) is 28.9 Å². The fraction of sp³-hybridized carbons (Fsp3) is 0.593. The Morgan fingerprint density at radius 2 is 1.86 bits per heavy atom. The summed E-state index contributed by atoms with van der Waals surface area (Å²) in [6.07, 6.45) is 8.43. The van der Waals surface area contributed by atoms with E-state index in [1.54, 1.807) is 31.9 Å². The first-order valence-corrected chi connectivity index (χ1v) is 14.3. The summed E-state index contributed by atoms with van der Waals surface area (Å²) in [5, 5.41) is 9.70. The number of aromatic nitrogens is 1. The molecule has 0 spiro atoms. The summed E-state index contributed by atoms with van der Waals surface area (Å²) in [5.41, 5.74) is 0.888. The minimum absolute atomic E-state index is 0.0605. The molecule has 2 aliphatic heterocycles. The van der Waals surface area contributed by atoms with Crippen molar-refractivity contribution in [2.45, 2.75) is 65.7 Å². The van der Waals surface area contributed by atoms with Crippen molar-refractivity contribution in [1.82, 2.24) is 9.47 Å². The van der Waals surface area contributed by atoms with E-state index in [1.165, 1.54) is 22.7 Å². The number of unbranched alkanes of at least 4 members (excludes halogenated alkanes) is 4. The molecule has 0 atom stereocenters. The van der Waals surface area contributed by atoms with Crippen LogP contribution in [-0.4, -0.2) is 51.9 Å². The van der Waals surface area contributed by atoms with Crippen LogP contribution in [0.2, 0.25) is 0 Å². The smallest absolute Gasteiger partial charge is 0.309 e. The van der Waals surface area contributed by atoms with E-state index < -0.39 is 0 Å². The highest BCUT2D eigenvalue weighted by Crippen LogP contribution is 2.36. The molecule has 37 heavy (non-hydrogen) atoms. The Morgan fingerprint density at radius 1 is 1.19 bits per heavy atom. The largest absolute Gasteiger partial charge is 0.466 e. The molecule has 2 saturated heterocycles. The summed E-state index contributed by atoms with van der Waals surface area (Å²) >= 11 is 6.78. The van der Waals surface area contributed by atoms with Crippen molar-refractivity contribution in [1.29, 1.82) is 5.26 Å². The second-order valence-electron chi connectivity index (χ2n) is 9.47. The van der Waals surface area contributed by atoms with Crippen LogP contribution in [0.3, 0.4) is 0 Å². The van der Waals surface area contributed by atoms with Gasteiger partial charge in [-0.2, -0.15) is 5.26 Å². The minimum atomic E-state index is -0.376. The maximum absolute atomic E-state index is 13.3. The first kappa shape index (κ1) is 28.9. The molecule has 8 nitrogen and oxygen atoms in total. The van der Waals surface area contributed by atoms with Crippen LogP contribution in [0.25, 0.3) is 6.08 Å². The number of pyridine rings is 1. The topological polar surface area (TPSA) is 95.6 Å². The highest BCUT2D eigenvalue weighted by molar-refractivity contribution is 8.26. The lowest BCUT2D eigenvalue weighted by atomic mass is 9.95. The standard InChI is InChI=1S/C27H36N4O4S2/c1-5-7-8-9-10-13-31-25(33)22(37-27(31)36)16-20-18(3)21(17-28)24(32)29(4)23(20)30-14-11-19(12-15-30)26(34)35-6-2/h16,19H,5-15H2,1-4H3. The van der Waals surface area contributed by atoms with Crippen LogP contribution in [-0.2, 0) is 21.4 Å². The van der Waals surface area contributed by atoms with Crippen molar-refractivity contribution in [3.8, 4) is 6.07 Å². The number of esters is 1. The van der Waals surface area contributed by atoms with E-state index in [0.717, 1.165) is 25.7 Å². The number of thiocarbonyl (C=S) groups is 1. The molecule has 0 bridgehead atoms. The van der Waals surface area contributed by atoms with Gasteiger partial charge >= 0.3 is 5.97 Å². The van der Waals surface area contributed by atoms with Crippen LogP contribution in [0, 0.1) is 24.2 Å². The maximum atomic E-state index is 13.3. The minimum Gasteiger partial charge on any atom is -0.466 e. The Bertz CT molecular complexity index is 1180. The predicted octanol–water partition coefficient (Wildman–Crippen LogP) is 4.52. The fourth-order valence-corrected chi connectivity index (χ4v) is 6.17. The lowest BCUT2D eigenvalue weighted by Crippen LogP contribution is -2.40. The lowest BCUT2D eigenvalue weighted by molar-refractivity contribution is -0.148. The molecule has 2 fully saturated rings. The number of nitrogens with zero attached hydrogens (tertiary/aromatic N) is 4. The van der Waals surface area contributed by atoms with E-state index in [4.69, 9.17) is 17.0 Å². The van der Waals surface area contributed by atoms with Gasteiger partial charge in [-0.3, -0.25) is 23.9 Å². The van der Waals surface area contributed by atoms with E-state index in [1.807, 2.05) is 6.07 Å². The molecule has 0 unspecified atom stereocenters. The van der Waals surface area contributed by atoms with Gasteiger partial charge in [0.15, 0.2) is 0 Å². The van der Waals surface area contributed by atoms with Crippen molar-refractivity contribution >= 4 is 52.1 Å². The van der Waals surface area contributed by atoms with Crippen LogP contribution in [0.15, 0.2) is 9.70 Å². The molecule has 0 N–H and O–H groups in total. The number of anilines is 1. The molecule has 1 aromatic heterocycles. The third-order valence-corrected chi connectivity index (χ3v) is 8.39. The Morgan fingerprint density at radius 3 is 2.49 bits per heavy atom. The predicted molar refractivity (Wildman–Crippen MR) is 151 cm³/mol. The number of rotatable bonds is 10. The Labute approximate surface area is 228 Å². The number of hydrogen-bond acceptors (Lipinski definition) is 8. The molecule has 0 aromatic carbocycles. The van der Waals surface area contributed by atoms with Gasteiger partial charge in [0.1, 0.15) is 21.8 Å². The Hall–Kier alpha value is -2.64. The quantitative estimate of drug-likeness (QED) is 0.184. The van der Waals surface area contributed by atoms with Crippen LogP contribution in [0.5, 0.6) is 0 Å². The van der Waals surface area contributed by atoms with Crippen molar-refractivity contribution in [3.63, 3.8) is 0 Å². The SMILES string of the molecule is CCCCCCCN1C(=O)C(=Cc2c(C)c(C#N)c(=O)n(C)c2N2CCC(C(=O)OCC)CC2)SC1=S. The van der Waals surface area contributed by atoms with Gasteiger partial charge in [-0.05, 0) is 44.7 Å². The first-order chi connectivity index (χ1) is 17.7. The highest BCUT2D eigenvalue weighted by Gasteiger charge is 2.34. The zero-order valence-corrected chi connectivity index (χ0v) is 23.8. The molecular formula is C27H36N4O4S2. The number of piperidine rings is 1. The number of carbonyl (C=O) groups excluding carboxylic acids is 2. The number of amides is 1. The molecule has 1 amide bonds. The molecule has 0 aliphatic carbocycles. The zero-order chi connectivity index (χ0) is 27.1. The van der Waals surface area contributed by atoms with Crippen LogP contribution >= 0.6 is 24.0 Å². The summed E-state index contributed by atoms with van der Waals surface area (Å²) in [5.74, 6) is 0.147. The summed E-state index contributed by atoms with van der Waals surface area (Å²) in [4.78, 5) is 42.7. The van der Waals surface area contributed by atoms with Gasteiger partial charge in [0.05, 0.1) is 17.4 Å². The second-order valence-corrected chi connectivity index (χ2v) is 11.1. The molecule has 0 radical (unpaired) electrons. The second kappa shape index (κ2) is 13.2. The third kappa shape index (κ3) is 6.44. The van der Waals surface area contributed by atoms with Gasteiger partial charge in [0, 0.05) is 32.2 Å². The van der Waals surface area contributed by atoms with E-state index in [9.17, 15) is 19.6 Å². The van der Waals surface area contributed by atoms with Crippen molar-refractivity contribution in [2.24, 2.45) is 13.0 Å². The van der Waals surface area contributed by atoms with Gasteiger partial charge in [-0.15, -0.1) is 0 Å². The lowest BCUT2D eigenvalue weighted by Gasteiger charge is -2.35. The summed E-state index contributed by atoms with van der Waals surface area (Å²) in [6, 6.07) is 2.04. The van der Waals surface area contributed by atoms with Crippen molar-refractivity contribution in [3.05, 3.63) is 31.9 Å². The van der Waals surface area contributed by atoms with E-state index >= 15 is 0 Å². The third-order valence-electron chi connectivity index (χ3n) is 7.02. The number of ether oxygens (including phenoxy) is 1. The van der Waals surface area contributed by atoms with Gasteiger partial charge in [0.2, 0.25) is 0 Å². The van der Waals surface area contributed by atoms with Crippen molar-refractivity contribution < 1.29 is 14.3 Å². The fourth-order valence-electron chi connectivity index (χ4n) is 4.88. The van der Waals surface area contributed by atoms with Crippen LogP contribution in [0.4, 0.5) is 5.82 Å². The zero-order valence-electron chi connectivity index (χ0n) is 22.2. The molecule has 3 rings (SSSR count). The van der Waals surface area contributed by atoms with Crippen molar-refractivity contribution in [2.75, 3.05) is 31.1 Å². The van der Waals surface area contributed by atoms with Crippen LogP contribution in [0.1, 0.15) is 75.5 Å². The molecule has 10 heteroatoms. The monoisotopic (exact) mass is 544 g/mol. The van der Waals surface area contributed by atoms with Gasteiger partial charge < -0.3 is 9.64 Å². The average molecular weight is 545 g/mol. The average Bonchev–Trinajstić information content (AvgIpc) is 3.15. The number of thioether (sulfide) groups is 1. The number of carbonyl (C=O) groups is 2. The summed E-state index contributed by atoms with van der Waals surface area (Å²) in [6.45, 7) is 7.77. The number of hydrogen-bond donors (Lipinski definition) is 0. The normalized spacial score (nSPS) is 17.5. The highest BCUT2D eigenvalue weighted by atomic mass is 32.2. The molecular weight excluding hydrogens is 508 g/mol. The van der Waals surface area contributed by atoms with Gasteiger partial charge in [-0.1, -0.05) is 56.6 Å². The first-order valence-electron chi connectivity index (χ1n) is 13.1. The molecule has 2 aliphatic rings. The van der Waals surface area contributed by atoms with E-state index in [2.05, 4.69) is 11.8 Å². The summed E-state index contributed by atoms with van der Waals surface area (Å²) in [7, 11) is 1.65. The molecule has 3 heterocycles. The number of nitriles is 1. The summed E-state index contributed by atoms with van der Waals surface area (Å²) < 4.78 is 7.21. The van der Waals surface area contributed by atoms with Gasteiger partial charge in [0.25, 0.3) is 11.5 Å². The van der Waals surface area contributed by atoms with Crippen LogP contribution < -0.4 is 10.5 Å². The van der Waals surface area contributed by atoms with E-state index in [0.29, 0.717) is 65.3 Å². The molecule has 1 aromatic rings. The van der Waals surface area contributed by atoms with Gasteiger partial charge in [-0.25, -0.2) is 0 Å². The Balaban J connectivity index is 1.92. The molecule has 0 saturated carbocycles.